The number of nitrogens with zero attached hydrogens (tertiary/aromatic N) is 1. The van der Waals surface area contributed by atoms with Crippen LogP contribution in [0.3, 0.4) is 0 Å². The van der Waals surface area contributed by atoms with Crippen molar-refractivity contribution in [3.8, 4) is 11.5 Å². The molecular weight excluding hydrogens is 388 g/mol. The molecule has 0 heterocycles. The van der Waals surface area contributed by atoms with Gasteiger partial charge in [-0.25, -0.2) is 5.43 Å². The fourth-order valence-electron chi connectivity index (χ4n) is 2.38. The maximum atomic E-state index is 12.1. The van der Waals surface area contributed by atoms with Crippen molar-refractivity contribution in [2.75, 3.05) is 26.1 Å². The van der Waals surface area contributed by atoms with Gasteiger partial charge < -0.3 is 20.1 Å². The molecule has 0 aromatic heterocycles. The number of hydrogen-bond donors (Lipinski definition) is 3. The maximum Gasteiger partial charge on any atom is 0.329 e. The molecular formula is C21H24N4O5. The molecule has 0 saturated heterocycles. The van der Waals surface area contributed by atoms with E-state index in [0.717, 1.165) is 6.42 Å². The summed E-state index contributed by atoms with van der Waals surface area (Å²) in [6, 6.07) is 12.5. The fraction of sp³-hybridized carbons (Fsp3) is 0.238. The first-order chi connectivity index (χ1) is 14.5. The summed E-state index contributed by atoms with van der Waals surface area (Å²) in [5, 5.41) is 8.66. The van der Waals surface area contributed by atoms with Gasteiger partial charge in [0.15, 0.2) is 18.1 Å². The monoisotopic (exact) mass is 412 g/mol. The van der Waals surface area contributed by atoms with Crippen molar-refractivity contribution in [2.45, 2.75) is 13.3 Å². The Hall–Kier alpha value is -3.88. The lowest BCUT2D eigenvalue weighted by molar-refractivity contribution is -0.138. The van der Waals surface area contributed by atoms with Gasteiger partial charge in [-0.15, -0.1) is 0 Å². The molecule has 3 N–H and O–H groups in total. The molecule has 158 valence electrons. The summed E-state index contributed by atoms with van der Waals surface area (Å²) in [6.45, 7) is 1.87. The Bertz CT molecular complexity index is 925. The fourth-order valence-corrected chi connectivity index (χ4v) is 2.38. The van der Waals surface area contributed by atoms with Gasteiger partial charge in [0.05, 0.1) is 13.3 Å². The van der Waals surface area contributed by atoms with E-state index in [1.54, 1.807) is 18.2 Å². The lowest BCUT2D eigenvalue weighted by atomic mass is 10.1. The molecule has 0 spiro atoms. The van der Waals surface area contributed by atoms with Crippen LogP contribution in [0.2, 0.25) is 0 Å². The molecule has 2 aromatic carbocycles. The predicted molar refractivity (Wildman–Crippen MR) is 113 cm³/mol. The molecule has 9 heteroatoms. The first kappa shape index (κ1) is 22.4. The average Bonchev–Trinajstić information content (AvgIpc) is 2.77. The number of nitrogens with one attached hydrogen (secondary N) is 3. The topological polar surface area (TPSA) is 118 Å². The molecule has 2 aromatic rings. The number of hydrazone groups is 1. The van der Waals surface area contributed by atoms with E-state index in [9.17, 15) is 14.4 Å². The number of benzene rings is 2. The van der Waals surface area contributed by atoms with Gasteiger partial charge in [0.1, 0.15) is 0 Å². The highest BCUT2D eigenvalue weighted by molar-refractivity contribution is 6.35. The molecule has 30 heavy (non-hydrogen) atoms. The summed E-state index contributed by atoms with van der Waals surface area (Å²) in [7, 11) is 2.81. The minimum atomic E-state index is -0.879. The zero-order valence-corrected chi connectivity index (χ0v) is 17.0. The molecule has 0 aliphatic heterocycles. The third-order valence-corrected chi connectivity index (χ3v) is 4.01. The molecule has 3 amide bonds. The average molecular weight is 412 g/mol. The second-order valence-electron chi connectivity index (χ2n) is 6.08. The number of hydrogen-bond acceptors (Lipinski definition) is 6. The summed E-state index contributed by atoms with van der Waals surface area (Å²) < 4.78 is 10.8. The number of anilines is 1. The highest BCUT2D eigenvalue weighted by atomic mass is 16.5. The number of carbonyl (C=O) groups excluding carboxylic acids is 3. The number of rotatable bonds is 8. The van der Waals surface area contributed by atoms with Gasteiger partial charge in [-0.1, -0.05) is 19.1 Å². The van der Waals surface area contributed by atoms with Gasteiger partial charge in [-0.05, 0) is 47.9 Å². The minimum absolute atomic E-state index is 0.193. The number of ether oxygens (including phenoxy) is 2. The number of carbonyl (C=O) groups is 3. The second-order valence-corrected chi connectivity index (χ2v) is 6.08. The second kappa shape index (κ2) is 11.2. The van der Waals surface area contributed by atoms with Crippen molar-refractivity contribution in [1.29, 1.82) is 0 Å². The van der Waals surface area contributed by atoms with Crippen LogP contribution >= 0.6 is 0 Å². The molecule has 0 radical (unpaired) electrons. The summed E-state index contributed by atoms with van der Waals surface area (Å²) >= 11 is 0. The van der Waals surface area contributed by atoms with Crippen molar-refractivity contribution in [3.63, 3.8) is 0 Å². The van der Waals surface area contributed by atoms with Crippen LogP contribution in [0, 0.1) is 0 Å². The molecule has 0 atom stereocenters. The van der Waals surface area contributed by atoms with Crippen LogP contribution in [0.25, 0.3) is 0 Å². The Morgan fingerprint density at radius 1 is 1.03 bits per heavy atom. The van der Waals surface area contributed by atoms with Gasteiger partial charge in [-0.2, -0.15) is 5.10 Å². The number of likely N-dealkylation sites (N-methyl/N-ethyl adjacent to an activating group) is 1. The molecule has 2 rings (SSSR count). The van der Waals surface area contributed by atoms with Gasteiger partial charge in [0, 0.05) is 12.7 Å². The zero-order valence-electron chi connectivity index (χ0n) is 17.0. The first-order valence-electron chi connectivity index (χ1n) is 9.21. The van der Waals surface area contributed by atoms with Gasteiger partial charge in [0.2, 0.25) is 0 Å². The van der Waals surface area contributed by atoms with Crippen molar-refractivity contribution >= 4 is 29.6 Å². The van der Waals surface area contributed by atoms with E-state index in [1.165, 1.54) is 25.9 Å². The summed E-state index contributed by atoms with van der Waals surface area (Å²) in [5.74, 6) is -1.22. The van der Waals surface area contributed by atoms with E-state index >= 15 is 0 Å². The zero-order chi connectivity index (χ0) is 21.9. The van der Waals surface area contributed by atoms with Gasteiger partial charge in [-0.3, -0.25) is 14.4 Å². The number of amides is 3. The summed E-state index contributed by atoms with van der Waals surface area (Å²) in [4.78, 5) is 34.6. The molecule has 9 nitrogen and oxygen atoms in total. The van der Waals surface area contributed by atoms with Crippen molar-refractivity contribution in [1.82, 2.24) is 10.7 Å². The number of aryl methyl sites for hydroxylation is 1. The van der Waals surface area contributed by atoms with Gasteiger partial charge in [0.25, 0.3) is 5.91 Å². The quantitative estimate of drug-likeness (QED) is 0.345. The Balaban J connectivity index is 1.93. The van der Waals surface area contributed by atoms with Crippen LogP contribution < -0.4 is 25.5 Å². The van der Waals surface area contributed by atoms with E-state index in [2.05, 4.69) is 28.1 Å². The standard InChI is InChI=1S/C21H24N4O5/c1-4-14-5-8-16(9-6-14)24-19(26)13-30-17-10-7-15(11-18(17)29-3)12-23-25-21(28)20(27)22-2/h5-12H,4,13H2,1-3H3,(H,22,27)(H,24,26)(H,25,28)/b23-12-. The Morgan fingerprint density at radius 3 is 2.40 bits per heavy atom. The SMILES string of the molecule is CCc1ccc(NC(=O)COc2ccc(/C=N\NC(=O)C(=O)NC)cc2OC)cc1. The highest BCUT2D eigenvalue weighted by Crippen LogP contribution is 2.27. The third-order valence-electron chi connectivity index (χ3n) is 4.01. The van der Waals surface area contributed by atoms with E-state index in [-0.39, 0.29) is 12.5 Å². The minimum Gasteiger partial charge on any atom is -0.493 e. The Labute approximate surface area is 174 Å². The van der Waals surface area contributed by atoms with E-state index < -0.39 is 11.8 Å². The summed E-state index contributed by atoms with van der Waals surface area (Å²) in [5.41, 5.74) is 4.57. The van der Waals surface area contributed by atoms with Crippen LogP contribution in [0.5, 0.6) is 11.5 Å². The maximum absolute atomic E-state index is 12.1. The predicted octanol–water partition coefficient (Wildman–Crippen LogP) is 1.47. The smallest absolute Gasteiger partial charge is 0.329 e. The van der Waals surface area contributed by atoms with Crippen LogP contribution in [0.15, 0.2) is 47.6 Å². The Kier molecular flexibility index (Phi) is 8.37. The van der Waals surface area contributed by atoms with Crippen molar-refractivity contribution < 1.29 is 23.9 Å². The molecule has 0 fully saturated rings. The molecule has 0 saturated carbocycles. The highest BCUT2D eigenvalue weighted by Gasteiger charge is 2.10. The van der Waals surface area contributed by atoms with E-state index in [1.807, 2.05) is 24.3 Å². The lowest BCUT2D eigenvalue weighted by Crippen LogP contribution is -2.35. The number of methoxy groups -OCH3 is 1. The normalized spacial score (nSPS) is 10.4. The molecule has 0 unspecified atom stereocenters. The Morgan fingerprint density at radius 2 is 1.77 bits per heavy atom. The van der Waals surface area contributed by atoms with Gasteiger partial charge >= 0.3 is 11.8 Å². The van der Waals surface area contributed by atoms with E-state index in [4.69, 9.17) is 9.47 Å². The van der Waals surface area contributed by atoms with Crippen LogP contribution in [0.1, 0.15) is 18.1 Å². The van der Waals surface area contributed by atoms with Crippen molar-refractivity contribution in [3.05, 3.63) is 53.6 Å². The largest absolute Gasteiger partial charge is 0.493 e. The van der Waals surface area contributed by atoms with Crippen LogP contribution in [-0.4, -0.2) is 44.7 Å². The lowest BCUT2D eigenvalue weighted by Gasteiger charge is -2.11. The molecule has 0 aliphatic carbocycles. The third kappa shape index (κ3) is 6.62. The first-order valence-corrected chi connectivity index (χ1v) is 9.21. The molecule has 0 aliphatic rings. The van der Waals surface area contributed by atoms with Crippen LogP contribution in [-0.2, 0) is 20.8 Å². The summed E-state index contributed by atoms with van der Waals surface area (Å²) in [6.07, 6.45) is 2.28. The molecule has 0 bridgehead atoms. The van der Waals surface area contributed by atoms with Crippen LogP contribution in [0.4, 0.5) is 5.69 Å². The van der Waals surface area contributed by atoms with Crippen molar-refractivity contribution in [2.24, 2.45) is 5.10 Å². The van der Waals surface area contributed by atoms with E-state index in [0.29, 0.717) is 22.7 Å².